The van der Waals surface area contributed by atoms with E-state index in [4.69, 9.17) is 4.74 Å². The van der Waals surface area contributed by atoms with Crippen molar-refractivity contribution in [2.24, 2.45) is 7.05 Å². The minimum atomic E-state index is -1.27. The molecule has 0 fully saturated rings. The highest BCUT2D eigenvalue weighted by atomic mass is 19.1. The fourth-order valence-electron chi connectivity index (χ4n) is 1.86. The highest BCUT2D eigenvalue weighted by Crippen LogP contribution is 2.21. The van der Waals surface area contributed by atoms with E-state index in [1.165, 1.54) is 14.0 Å². The first-order valence-corrected chi connectivity index (χ1v) is 7.19. The van der Waals surface area contributed by atoms with Gasteiger partial charge in [0.2, 0.25) is 5.82 Å². The lowest BCUT2D eigenvalue weighted by Crippen LogP contribution is -2.31. The zero-order valence-electron chi connectivity index (χ0n) is 13.6. The van der Waals surface area contributed by atoms with Crippen molar-refractivity contribution in [2.75, 3.05) is 5.32 Å². The van der Waals surface area contributed by atoms with Crippen molar-refractivity contribution < 1.29 is 23.6 Å². The topological polar surface area (TPSA) is 133 Å². The summed E-state index contributed by atoms with van der Waals surface area (Å²) in [7, 11) is 1.34. The first-order valence-electron chi connectivity index (χ1n) is 7.19. The average molecular weight is 364 g/mol. The number of hydrogen-bond donors (Lipinski definition) is 1. The highest BCUT2D eigenvalue weighted by Gasteiger charge is 2.22. The molecule has 1 atom stereocenters. The summed E-state index contributed by atoms with van der Waals surface area (Å²) >= 11 is 0. The fourth-order valence-corrected chi connectivity index (χ4v) is 1.86. The number of rotatable bonds is 5. The lowest BCUT2D eigenvalue weighted by atomic mass is 10.2. The third kappa shape index (κ3) is 4.26. The number of esters is 1. The molecule has 1 aromatic carbocycles. The Hall–Kier alpha value is -3.63. The number of aromatic nitrogens is 2. The monoisotopic (exact) mass is 364 g/mol. The molecule has 0 radical (unpaired) electrons. The standard InChI is InChI=1S/C15H13FN4O6/c1-8(26-15(23)11-5-6-13(21)19(2)18-11)14(22)17-9-3-4-10(16)12(7-9)20(24)25/h3-8H,1-2H3,(H,17,22). The number of benzene rings is 1. The van der Waals surface area contributed by atoms with Crippen LogP contribution in [0, 0.1) is 15.9 Å². The molecule has 0 spiro atoms. The number of ether oxygens (including phenoxy) is 1. The Balaban J connectivity index is 2.06. The molecule has 10 nitrogen and oxygen atoms in total. The van der Waals surface area contributed by atoms with Crippen LogP contribution in [-0.4, -0.2) is 32.7 Å². The third-order valence-electron chi connectivity index (χ3n) is 3.23. The van der Waals surface area contributed by atoms with Crippen molar-refractivity contribution in [1.29, 1.82) is 0 Å². The number of carbonyl (C=O) groups is 2. The Bertz CT molecular complexity index is 942. The van der Waals surface area contributed by atoms with Crippen molar-refractivity contribution in [3.8, 4) is 0 Å². The molecule has 1 unspecified atom stereocenters. The summed E-state index contributed by atoms with van der Waals surface area (Å²) in [5.74, 6) is -2.77. The zero-order valence-corrected chi connectivity index (χ0v) is 13.6. The number of halogens is 1. The maximum Gasteiger partial charge on any atom is 0.359 e. The van der Waals surface area contributed by atoms with Gasteiger partial charge in [0.15, 0.2) is 11.8 Å². The second-order valence-electron chi connectivity index (χ2n) is 5.14. The van der Waals surface area contributed by atoms with Gasteiger partial charge in [-0.3, -0.25) is 19.7 Å². The summed E-state index contributed by atoms with van der Waals surface area (Å²) in [6, 6.07) is 5.07. The minimum Gasteiger partial charge on any atom is -0.448 e. The molecule has 0 aliphatic rings. The van der Waals surface area contributed by atoms with Crippen LogP contribution in [0.5, 0.6) is 0 Å². The van der Waals surface area contributed by atoms with Gasteiger partial charge in [-0.2, -0.15) is 9.49 Å². The summed E-state index contributed by atoms with van der Waals surface area (Å²) in [6.45, 7) is 1.27. The van der Waals surface area contributed by atoms with Crippen molar-refractivity contribution in [3.05, 3.63) is 62.3 Å². The average Bonchev–Trinajstić information content (AvgIpc) is 2.58. The Kier molecular flexibility index (Phi) is 5.40. The molecule has 11 heteroatoms. The van der Waals surface area contributed by atoms with Crippen LogP contribution in [0.3, 0.4) is 0 Å². The van der Waals surface area contributed by atoms with Crippen LogP contribution in [0.25, 0.3) is 0 Å². The van der Waals surface area contributed by atoms with Gasteiger partial charge in [-0.1, -0.05) is 0 Å². The first-order chi connectivity index (χ1) is 12.2. The Morgan fingerprint density at radius 3 is 2.65 bits per heavy atom. The van der Waals surface area contributed by atoms with E-state index in [1.54, 1.807) is 0 Å². The van der Waals surface area contributed by atoms with Crippen LogP contribution >= 0.6 is 0 Å². The van der Waals surface area contributed by atoms with Crippen LogP contribution < -0.4 is 10.9 Å². The van der Waals surface area contributed by atoms with Crippen molar-refractivity contribution >= 4 is 23.3 Å². The number of nitro groups is 1. The molecule has 0 saturated carbocycles. The number of anilines is 1. The molecule has 2 aromatic rings. The van der Waals surface area contributed by atoms with Gasteiger partial charge in [0, 0.05) is 24.9 Å². The number of hydrogen-bond acceptors (Lipinski definition) is 7. The normalized spacial score (nSPS) is 11.5. The van der Waals surface area contributed by atoms with Crippen molar-refractivity contribution in [3.63, 3.8) is 0 Å². The van der Waals surface area contributed by atoms with E-state index in [0.29, 0.717) is 0 Å². The fraction of sp³-hybridized carbons (Fsp3) is 0.200. The molecule has 1 N–H and O–H groups in total. The summed E-state index contributed by atoms with van der Waals surface area (Å²) in [5.41, 5.74) is -1.44. The van der Waals surface area contributed by atoms with Gasteiger partial charge in [0.25, 0.3) is 11.5 Å². The van der Waals surface area contributed by atoms with Gasteiger partial charge in [0.1, 0.15) is 0 Å². The van der Waals surface area contributed by atoms with Gasteiger partial charge in [-0.15, -0.1) is 0 Å². The summed E-state index contributed by atoms with van der Waals surface area (Å²) in [6.07, 6.45) is -1.27. The predicted molar refractivity (Wildman–Crippen MR) is 86.0 cm³/mol. The van der Waals surface area contributed by atoms with Crippen LogP contribution in [0.2, 0.25) is 0 Å². The molecule has 1 amide bonds. The second kappa shape index (κ2) is 7.51. The van der Waals surface area contributed by atoms with Crippen LogP contribution in [0.1, 0.15) is 17.4 Å². The molecular weight excluding hydrogens is 351 g/mol. The number of nitro benzene ring substituents is 1. The summed E-state index contributed by atoms with van der Waals surface area (Å²) in [5, 5.41) is 16.7. The molecule has 1 aromatic heterocycles. The Morgan fingerprint density at radius 2 is 2.04 bits per heavy atom. The molecular formula is C15H13FN4O6. The Labute approximate surface area is 145 Å². The van der Waals surface area contributed by atoms with E-state index < -0.39 is 40.0 Å². The lowest BCUT2D eigenvalue weighted by Gasteiger charge is -2.13. The molecule has 0 aliphatic carbocycles. The summed E-state index contributed by atoms with van der Waals surface area (Å²) < 4.78 is 19.1. The highest BCUT2D eigenvalue weighted by molar-refractivity contribution is 5.96. The van der Waals surface area contributed by atoms with E-state index in [1.807, 2.05) is 0 Å². The maximum absolute atomic E-state index is 13.3. The molecule has 26 heavy (non-hydrogen) atoms. The maximum atomic E-state index is 13.3. The third-order valence-corrected chi connectivity index (χ3v) is 3.23. The van der Waals surface area contributed by atoms with E-state index in [9.17, 15) is 28.9 Å². The minimum absolute atomic E-state index is 0.0359. The lowest BCUT2D eigenvalue weighted by molar-refractivity contribution is -0.387. The smallest absolute Gasteiger partial charge is 0.359 e. The second-order valence-corrected chi connectivity index (χ2v) is 5.14. The molecule has 0 saturated heterocycles. The largest absolute Gasteiger partial charge is 0.448 e. The molecule has 1 heterocycles. The van der Waals surface area contributed by atoms with E-state index in [-0.39, 0.29) is 11.4 Å². The van der Waals surface area contributed by atoms with Gasteiger partial charge in [0.05, 0.1) is 4.92 Å². The predicted octanol–water partition coefficient (Wildman–Crippen LogP) is 1.01. The number of amides is 1. The summed E-state index contributed by atoms with van der Waals surface area (Å²) in [4.78, 5) is 45.0. The van der Waals surface area contributed by atoms with E-state index in [2.05, 4.69) is 10.4 Å². The first kappa shape index (κ1) is 18.7. The van der Waals surface area contributed by atoms with Crippen LogP contribution in [0.4, 0.5) is 15.8 Å². The van der Waals surface area contributed by atoms with E-state index >= 15 is 0 Å². The van der Waals surface area contributed by atoms with Crippen molar-refractivity contribution in [1.82, 2.24) is 9.78 Å². The number of aryl methyl sites for hydroxylation is 1. The zero-order chi connectivity index (χ0) is 19.4. The molecule has 0 bridgehead atoms. The van der Waals surface area contributed by atoms with E-state index in [0.717, 1.165) is 35.0 Å². The Morgan fingerprint density at radius 1 is 1.35 bits per heavy atom. The van der Waals surface area contributed by atoms with Crippen LogP contribution in [-0.2, 0) is 16.6 Å². The number of carbonyl (C=O) groups excluding carboxylic acids is 2. The van der Waals surface area contributed by atoms with Crippen molar-refractivity contribution in [2.45, 2.75) is 13.0 Å². The quantitative estimate of drug-likeness (QED) is 0.475. The SMILES string of the molecule is CC(OC(=O)c1ccc(=O)n(C)n1)C(=O)Nc1ccc(F)c([N+](=O)[O-])c1. The molecule has 136 valence electrons. The molecule has 2 rings (SSSR count). The van der Waals surface area contributed by atoms with Gasteiger partial charge in [-0.25, -0.2) is 9.48 Å². The number of nitrogens with zero attached hydrogens (tertiary/aromatic N) is 3. The van der Waals surface area contributed by atoms with Gasteiger partial charge < -0.3 is 10.1 Å². The number of nitrogens with one attached hydrogen (secondary N) is 1. The van der Waals surface area contributed by atoms with Gasteiger partial charge >= 0.3 is 11.7 Å². The molecule has 0 aliphatic heterocycles. The van der Waals surface area contributed by atoms with Gasteiger partial charge in [-0.05, 0) is 25.1 Å². The van der Waals surface area contributed by atoms with Crippen LogP contribution in [0.15, 0.2) is 35.1 Å².